The Morgan fingerprint density at radius 3 is 2.45 bits per heavy atom. The molecule has 0 saturated carbocycles. The quantitative estimate of drug-likeness (QED) is 0.347. The lowest BCUT2D eigenvalue weighted by Crippen LogP contribution is -2.35. The number of carbonyl (C=O) groups is 2. The van der Waals surface area contributed by atoms with Gasteiger partial charge in [0.25, 0.3) is 0 Å². The highest BCUT2D eigenvalue weighted by Crippen LogP contribution is 2.41. The Labute approximate surface area is 121 Å². The Balaban J connectivity index is 3.89. The van der Waals surface area contributed by atoms with Gasteiger partial charge >= 0.3 is 19.7 Å². The van der Waals surface area contributed by atoms with Crippen LogP contribution in [0.2, 0.25) is 0 Å². The van der Waals surface area contributed by atoms with Crippen molar-refractivity contribution >= 4 is 31.4 Å². The average molecular weight is 329 g/mol. The van der Waals surface area contributed by atoms with Gasteiger partial charge in [0.2, 0.25) is 0 Å². The van der Waals surface area contributed by atoms with Crippen LogP contribution in [0, 0.1) is 0 Å². The van der Waals surface area contributed by atoms with Crippen molar-refractivity contribution < 1.29 is 33.8 Å². The molecular weight excluding hydrogens is 309 g/mol. The molecule has 0 saturated heterocycles. The molecule has 1 amide bonds. The van der Waals surface area contributed by atoms with Crippen molar-refractivity contribution in [2.45, 2.75) is 31.5 Å². The molecule has 0 aliphatic carbocycles. The summed E-state index contributed by atoms with van der Waals surface area (Å²) >= 11 is 1.46. The van der Waals surface area contributed by atoms with Crippen LogP contribution >= 0.6 is 19.4 Å². The summed E-state index contributed by atoms with van der Waals surface area (Å²) < 4.78 is 15.5. The molecule has 1 unspecified atom stereocenters. The van der Waals surface area contributed by atoms with Crippen LogP contribution in [0.4, 0.5) is 4.79 Å². The minimum absolute atomic E-state index is 0.114. The van der Waals surface area contributed by atoms with E-state index in [0.717, 1.165) is 13.5 Å². The lowest BCUT2D eigenvalue weighted by molar-refractivity contribution is -0.137. The molecule has 4 N–H and O–H groups in total. The summed E-state index contributed by atoms with van der Waals surface area (Å²) in [5.74, 6) is -0.938. The number of hydrogen-bond donors (Lipinski definition) is 4. The normalized spacial score (nSPS) is 12.8. The predicted molar refractivity (Wildman–Crippen MR) is 74.8 cm³/mol. The zero-order valence-corrected chi connectivity index (χ0v) is 12.9. The smallest absolute Gasteiger partial charge is 0.407 e. The van der Waals surface area contributed by atoms with Crippen LogP contribution in [0.3, 0.4) is 0 Å². The molecule has 20 heavy (non-hydrogen) atoms. The van der Waals surface area contributed by atoms with Crippen molar-refractivity contribution in [2.75, 3.05) is 18.6 Å². The van der Waals surface area contributed by atoms with Crippen molar-refractivity contribution in [3.63, 3.8) is 0 Å². The van der Waals surface area contributed by atoms with Gasteiger partial charge in [0.15, 0.2) is 0 Å². The summed E-state index contributed by atoms with van der Waals surface area (Å²) in [6, 6.07) is 0. The first-order chi connectivity index (χ1) is 9.27. The number of amides is 1. The summed E-state index contributed by atoms with van der Waals surface area (Å²) in [7, 11) is -3.31. The number of unbranched alkanes of at least 4 members (excludes halogenated alkanes) is 1. The van der Waals surface area contributed by atoms with Gasteiger partial charge in [-0.3, -0.25) is 9.36 Å². The van der Waals surface area contributed by atoms with Crippen LogP contribution in [0.15, 0.2) is 0 Å². The second kappa shape index (κ2) is 10.0. The van der Waals surface area contributed by atoms with Crippen LogP contribution in [0.5, 0.6) is 0 Å². The first-order valence-electron chi connectivity index (χ1n) is 5.96. The maximum Gasteiger partial charge on any atom is 0.407 e. The molecule has 0 aromatic heterocycles. The van der Waals surface area contributed by atoms with Crippen molar-refractivity contribution in [3.05, 3.63) is 0 Å². The van der Waals surface area contributed by atoms with E-state index >= 15 is 0 Å². The maximum absolute atomic E-state index is 11.2. The van der Waals surface area contributed by atoms with E-state index in [1.807, 2.05) is 0 Å². The molecule has 0 heterocycles. The van der Waals surface area contributed by atoms with Crippen LogP contribution in [-0.2, 0) is 14.1 Å². The van der Waals surface area contributed by atoms with E-state index in [1.165, 1.54) is 11.8 Å². The van der Waals surface area contributed by atoms with E-state index in [4.69, 9.17) is 14.9 Å². The Morgan fingerprint density at radius 2 is 1.95 bits per heavy atom. The highest BCUT2D eigenvalue weighted by Gasteiger charge is 2.30. The van der Waals surface area contributed by atoms with Crippen LogP contribution in [0.25, 0.3) is 0 Å². The van der Waals surface area contributed by atoms with E-state index < -0.39 is 25.4 Å². The highest BCUT2D eigenvalue weighted by atomic mass is 32.2. The minimum Gasteiger partial charge on any atom is -0.481 e. The van der Waals surface area contributed by atoms with Crippen molar-refractivity contribution in [1.29, 1.82) is 0 Å². The number of aliphatic carboxylic acids is 1. The molecule has 1 atom stereocenters. The number of thioether (sulfide) groups is 1. The third kappa shape index (κ3) is 10.1. The summed E-state index contributed by atoms with van der Waals surface area (Å²) in [4.78, 5) is 39.4. The number of carbonyl (C=O) groups excluding carboxylic acids is 1. The van der Waals surface area contributed by atoms with E-state index in [2.05, 4.69) is 10.1 Å². The first-order valence-corrected chi connectivity index (χ1v) is 8.80. The minimum atomic E-state index is -4.42. The third-order valence-corrected chi connectivity index (χ3v) is 4.64. The standard InChI is InChI=1S/C10H20NO7PS/c1-18-10(14)11-8(19(15,16)17)5-7-20-6-3-2-4-9(12)13/h8H,2-7H2,1H3,(H,11,14)(H,12,13)(H2,15,16,17). The summed E-state index contributed by atoms with van der Waals surface area (Å²) in [6.45, 7) is 0. The summed E-state index contributed by atoms with van der Waals surface area (Å²) in [6.07, 6.45) is 0.648. The molecule has 0 rings (SSSR count). The highest BCUT2D eigenvalue weighted by molar-refractivity contribution is 7.99. The van der Waals surface area contributed by atoms with Crippen LogP contribution in [0.1, 0.15) is 25.7 Å². The van der Waals surface area contributed by atoms with Crippen molar-refractivity contribution in [2.24, 2.45) is 0 Å². The van der Waals surface area contributed by atoms with E-state index in [1.54, 1.807) is 0 Å². The molecule has 0 radical (unpaired) electrons. The molecule has 0 fully saturated rings. The molecule has 8 nitrogen and oxygen atoms in total. The maximum atomic E-state index is 11.2. The van der Waals surface area contributed by atoms with Crippen molar-refractivity contribution in [1.82, 2.24) is 5.32 Å². The molecule has 118 valence electrons. The van der Waals surface area contributed by atoms with Gasteiger partial charge in [-0.15, -0.1) is 0 Å². The largest absolute Gasteiger partial charge is 0.481 e. The van der Waals surface area contributed by atoms with E-state index in [9.17, 15) is 14.2 Å². The zero-order valence-electron chi connectivity index (χ0n) is 11.2. The zero-order chi connectivity index (χ0) is 15.6. The monoisotopic (exact) mass is 329 g/mol. The fourth-order valence-corrected chi connectivity index (χ4v) is 3.23. The number of alkyl carbamates (subject to hydrolysis) is 1. The number of ether oxygens (including phenoxy) is 1. The summed E-state index contributed by atoms with van der Waals surface area (Å²) in [5.41, 5.74) is 0. The number of nitrogens with one attached hydrogen (secondary N) is 1. The fourth-order valence-electron chi connectivity index (χ4n) is 1.30. The van der Waals surface area contributed by atoms with Gasteiger partial charge in [-0.25, -0.2) is 4.79 Å². The van der Waals surface area contributed by atoms with E-state index in [-0.39, 0.29) is 12.8 Å². The average Bonchev–Trinajstić information content (AvgIpc) is 2.34. The van der Waals surface area contributed by atoms with Crippen LogP contribution < -0.4 is 5.32 Å². The number of methoxy groups -OCH3 is 1. The van der Waals surface area contributed by atoms with Crippen molar-refractivity contribution in [3.8, 4) is 0 Å². The summed E-state index contributed by atoms with van der Waals surface area (Å²) in [5, 5.41) is 10.5. The number of rotatable bonds is 10. The Kier molecular flexibility index (Phi) is 9.66. The molecule has 0 bridgehead atoms. The number of hydrogen-bond acceptors (Lipinski definition) is 5. The third-order valence-electron chi connectivity index (χ3n) is 2.34. The number of carboxylic acid groups (broad SMARTS) is 1. The Morgan fingerprint density at radius 1 is 1.30 bits per heavy atom. The molecular formula is C10H20NO7PS. The predicted octanol–water partition coefficient (Wildman–Crippen LogP) is 1.22. The topological polar surface area (TPSA) is 133 Å². The lowest BCUT2D eigenvalue weighted by atomic mass is 10.3. The van der Waals surface area contributed by atoms with Gasteiger partial charge in [0, 0.05) is 6.42 Å². The second-order valence-corrected chi connectivity index (χ2v) is 7.02. The van der Waals surface area contributed by atoms with Gasteiger partial charge in [-0.05, 0) is 30.8 Å². The molecule has 0 aliphatic rings. The number of carboxylic acids is 1. The molecule has 0 aromatic carbocycles. The molecule has 0 aliphatic heterocycles. The van der Waals surface area contributed by atoms with Gasteiger partial charge < -0.3 is 24.9 Å². The van der Waals surface area contributed by atoms with Crippen LogP contribution in [-0.4, -0.2) is 51.4 Å². The molecule has 10 heteroatoms. The Hall–Kier alpha value is -0.760. The lowest BCUT2D eigenvalue weighted by Gasteiger charge is -2.18. The van der Waals surface area contributed by atoms with E-state index in [0.29, 0.717) is 17.9 Å². The Bertz CT molecular complexity index is 360. The molecule has 0 spiro atoms. The second-order valence-electron chi connectivity index (χ2n) is 3.99. The first kappa shape index (κ1) is 19.2. The fraction of sp³-hybridized carbons (Fsp3) is 0.800. The van der Waals surface area contributed by atoms with Gasteiger partial charge in [0.1, 0.15) is 5.78 Å². The van der Waals surface area contributed by atoms with Gasteiger partial charge in [-0.2, -0.15) is 11.8 Å². The van der Waals surface area contributed by atoms with Gasteiger partial charge in [0.05, 0.1) is 7.11 Å². The van der Waals surface area contributed by atoms with Gasteiger partial charge in [-0.1, -0.05) is 0 Å². The SMILES string of the molecule is COC(=O)NC(CCSCCCCC(=O)O)P(=O)(O)O. The molecule has 0 aromatic rings.